The first-order valence-electron chi connectivity index (χ1n) is 9.99. The Kier molecular flexibility index (Phi) is 4.90. The van der Waals surface area contributed by atoms with Crippen LogP contribution >= 0.6 is 11.6 Å². The molecular formula is C24H27ClO2. The number of carbonyl (C=O) groups excluding carboxylic acids is 1. The molecule has 2 aromatic carbocycles. The lowest BCUT2D eigenvalue weighted by Crippen LogP contribution is -2.35. The molecule has 0 radical (unpaired) electrons. The molecule has 0 heterocycles. The van der Waals surface area contributed by atoms with Crippen molar-refractivity contribution in [2.75, 3.05) is 0 Å². The van der Waals surface area contributed by atoms with Crippen molar-refractivity contribution in [1.29, 1.82) is 0 Å². The highest BCUT2D eigenvalue weighted by atomic mass is 35.5. The third-order valence-corrected chi connectivity index (χ3v) is 7.00. The molecule has 27 heavy (non-hydrogen) atoms. The zero-order chi connectivity index (χ0) is 19.2. The standard InChI is InChI=1S/C24H27ClO2/c1-15-12-18(17-6-8-19(25)9-7-17)13-16(2)21(15)22-20(26)14-24(23(22)27)10-4-3-5-11-24/h6-9,12-13,22-23,27H,3-5,10-11,14H2,1-2H3. The van der Waals surface area contributed by atoms with E-state index in [-0.39, 0.29) is 17.1 Å². The molecule has 0 aliphatic heterocycles. The van der Waals surface area contributed by atoms with E-state index in [4.69, 9.17) is 11.6 Å². The number of halogens is 1. The number of aryl methyl sites for hydroxylation is 2. The van der Waals surface area contributed by atoms with E-state index in [1.165, 1.54) is 6.42 Å². The monoisotopic (exact) mass is 382 g/mol. The molecule has 2 atom stereocenters. The zero-order valence-corrected chi connectivity index (χ0v) is 16.9. The Bertz CT molecular complexity index is 839. The molecule has 3 heteroatoms. The minimum atomic E-state index is -0.552. The molecular weight excluding hydrogens is 356 g/mol. The summed E-state index contributed by atoms with van der Waals surface area (Å²) in [5, 5.41) is 11.9. The van der Waals surface area contributed by atoms with Crippen LogP contribution in [0.4, 0.5) is 0 Å². The van der Waals surface area contributed by atoms with Crippen molar-refractivity contribution in [1.82, 2.24) is 0 Å². The maximum Gasteiger partial charge on any atom is 0.143 e. The van der Waals surface area contributed by atoms with Gasteiger partial charge in [-0.05, 0) is 66.6 Å². The summed E-state index contributed by atoms with van der Waals surface area (Å²) in [5.41, 5.74) is 5.26. The summed E-state index contributed by atoms with van der Waals surface area (Å²) in [4.78, 5) is 13.0. The maximum atomic E-state index is 13.0. The molecule has 2 aliphatic rings. The number of ketones is 1. The number of benzene rings is 2. The zero-order valence-electron chi connectivity index (χ0n) is 16.1. The molecule has 2 aromatic rings. The van der Waals surface area contributed by atoms with Crippen molar-refractivity contribution in [3.05, 3.63) is 58.1 Å². The summed E-state index contributed by atoms with van der Waals surface area (Å²) < 4.78 is 0. The molecule has 2 saturated carbocycles. The third-order valence-electron chi connectivity index (χ3n) is 6.75. The van der Waals surface area contributed by atoms with Crippen LogP contribution in [-0.2, 0) is 4.79 Å². The van der Waals surface area contributed by atoms with Gasteiger partial charge in [-0.1, -0.05) is 55.1 Å². The van der Waals surface area contributed by atoms with Crippen LogP contribution in [0.25, 0.3) is 11.1 Å². The Morgan fingerprint density at radius 3 is 2.15 bits per heavy atom. The molecule has 0 saturated heterocycles. The molecule has 1 N–H and O–H groups in total. The molecule has 1 spiro atoms. The number of carbonyl (C=O) groups is 1. The Morgan fingerprint density at radius 1 is 0.963 bits per heavy atom. The highest BCUT2D eigenvalue weighted by molar-refractivity contribution is 6.30. The molecule has 2 unspecified atom stereocenters. The predicted octanol–water partition coefficient (Wildman–Crippen LogP) is 5.99. The number of aliphatic hydroxyl groups is 1. The van der Waals surface area contributed by atoms with E-state index in [0.717, 1.165) is 58.5 Å². The Morgan fingerprint density at radius 2 is 1.56 bits per heavy atom. The lowest BCUT2D eigenvalue weighted by molar-refractivity contribution is -0.119. The van der Waals surface area contributed by atoms with Gasteiger partial charge >= 0.3 is 0 Å². The van der Waals surface area contributed by atoms with E-state index in [1.54, 1.807) is 0 Å². The topological polar surface area (TPSA) is 37.3 Å². The van der Waals surface area contributed by atoms with Gasteiger partial charge in [-0.15, -0.1) is 0 Å². The van der Waals surface area contributed by atoms with Crippen LogP contribution in [0.2, 0.25) is 5.02 Å². The van der Waals surface area contributed by atoms with Crippen LogP contribution in [0.15, 0.2) is 36.4 Å². The molecule has 2 nitrogen and oxygen atoms in total. The minimum Gasteiger partial charge on any atom is -0.391 e. The van der Waals surface area contributed by atoms with Crippen molar-refractivity contribution in [3.8, 4) is 11.1 Å². The van der Waals surface area contributed by atoms with E-state index in [1.807, 2.05) is 24.3 Å². The van der Waals surface area contributed by atoms with Gasteiger partial charge in [0.15, 0.2) is 0 Å². The van der Waals surface area contributed by atoms with Gasteiger partial charge in [0, 0.05) is 16.9 Å². The summed E-state index contributed by atoms with van der Waals surface area (Å²) in [6.07, 6.45) is 5.44. The van der Waals surface area contributed by atoms with Crippen LogP contribution in [0.1, 0.15) is 61.1 Å². The molecule has 0 amide bonds. The minimum absolute atomic E-state index is 0.187. The largest absolute Gasteiger partial charge is 0.391 e. The summed E-state index contributed by atoms with van der Waals surface area (Å²) in [5.74, 6) is -0.155. The fraction of sp³-hybridized carbons (Fsp3) is 0.458. The lowest BCUT2D eigenvalue weighted by atomic mass is 9.70. The first-order valence-corrected chi connectivity index (χ1v) is 10.4. The Labute approximate surface area is 166 Å². The summed E-state index contributed by atoms with van der Waals surface area (Å²) in [6, 6.07) is 12.1. The average Bonchev–Trinajstić information content (AvgIpc) is 2.86. The molecule has 2 aliphatic carbocycles. The van der Waals surface area contributed by atoms with E-state index >= 15 is 0 Å². The average molecular weight is 383 g/mol. The molecule has 0 bridgehead atoms. The highest BCUT2D eigenvalue weighted by Gasteiger charge is 2.53. The van der Waals surface area contributed by atoms with Crippen LogP contribution in [0.3, 0.4) is 0 Å². The summed E-state index contributed by atoms with van der Waals surface area (Å²) >= 11 is 6.01. The van der Waals surface area contributed by atoms with Gasteiger partial charge in [0.2, 0.25) is 0 Å². The molecule has 0 aromatic heterocycles. The van der Waals surface area contributed by atoms with Gasteiger partial charge in [-0.2, -0.15) is 0 Å². The van der Waals surface area contributed by atoms with Gasteiger partial charge < -0.3 is 5.11 Å². The second-order valence-electron chi connectivity index (χ2n) is 8.52. The first kappa shape index (κ1) is 18.7. The van der Waals surface area contributed by atoms with Crippen molar-refractivity contribution >= 4 is 17.4 Å². The van der Waals surface area contributed by atoms with Crippen molar-refractivity contribution in [2.45, 2.75) is 64.4 Å². The van der Waals surface area contributed by atoms with Gasteiger partial charge in [0.1, 0.15) is 5.78 Å². The Balaban J connectivity index is 1.71. The summed E-state index contributed by atoms with van der Waals surface area (Å²) in [7, 11) is 0. The fourth-order valence-electron chi connectivity index (χ4n) is 5.41. The number of hydrogen-bond donors (Lipinski definition) is 1. The second kappa shape index (κ2) is 7.07. The molecule has 2 fully saturated rings. The predicted molar refractivity (Wildman–Crippen MR) is 110 cm³/mol. The van der Waals surface area contributed by atoms with E-state index in [2.05, 4.69) is 26.0 Å². The van der Waals surface area contributed by atoms with Gasteiger partial charge in [0.25, 0.3) is 0 Å². The second-order valence-corrected chi connectivity index (χ2v) is 8.96. The number of Topliss-reactive ketones (excluding diaryl/α,β-unsaturated/α-hetero) is 1. The van der Waals surface area contributed by atoms with Crippen LogP contribution < -0.4 is 0 Å². The van der Waals surface area contributed by atoms with E-state index in [9.17, 15) is 9.90 Å². The van der Waals surface area contributed by atoms with Crippen molar-refractivity contribution < 1.29 is 9.90 Å². The smallest absolute Gasteiger partial charge is 0.143 e. The van der Waals surface area contributed by atoms with Crippen molar-refractivity contribution in [3.63, 3.8) is 0 Å². The third kappa shape index (κ3) is 3.23. The SMILES string of the molecule is Cc1cc(-c2ccc(Cl)cc2)cc(C)c1C1C(=O)CC2(CCCCC2)C1O. The van der Waals surface area contributed by atoms with Crippen LogP contribution in [-0.4, -0.2) is 17.0 Å². The number of rotatable bonds is 2. The number of hydrogen-bond acceptors (Lipinski definition) is 2. The van der Waals surface area contributed by atoms with Gasteiger partial charge in [0.05, 0.1) is 12.0 Å². The maximum absolute atomic E-state index is 13.0. The quantitative estimate of drug-likeness (QED) is 0.692. The van der Waals surface area contributed by atoms with E-state index in [0.29, 0.717) is 6.42 Å². The van der Waals surface area contributed by atoms with Crippen LogP contribution in [0.5, 0.6) is 0 Å². The number of aliphatic hydroxyl groups excluding tert-OH is 1. The fourth-order valence-corrected chi connectivity index (χ4v) is 5.54. The first-order chi connectivity index (χ1) is 12.9. The van der Waals surface area contributed by atoms with Gasteiger partial charge in [-0.3, -0.25) is 4.79 Å². The van der Waals surface area contributed by atoms with E-state index < -0.39 is 6.10 Å². The van der Waals surface area contributed by atoms with Crippen molar-refractivity contribution in [2.24, 2.45) is 5.41 Å². The molecule has 4 rings (SSSR count). The Hall–Kier alpha value is -1.64. The summed E-state index contributed by atoms with van der Waals surface area (Å²) in [6.45, 7) is 4.13. The molecule has 142 valence electrons. The van der Waals surface area contributed by atoms with Crippen LogP contribution in [0, 0.1) is 19.3 Å². The lowest BCUT2D eigenvalue weighted by Gasteiger charge is -2.37. The normalized spacial score (nSPS) is 24.5. The highest BCUT2D eigenvalue weighted by Crippen LogP contribution is 2.53. The van der Waals surface area contributed by atoms with Gasteiger partial charge in [-0.25, -0.2) is 0 Å².